The monoisotopic (exact) mass is 236 g/mol. The average Bonchev–Trinajstić information content (AvgIpc) is 2.01. The van der Waals surface area contributed by atoms with Gasteiger partial charge in [0.25, 0.3) is 0 Å². The van der Waals surface area contributed by atoms with Gasteiger partial charge in [-0.2, -0.15) is 12.6 Å². The molecular weight excluding hydrogens is 220 g/mol. The van der Waals surface area contributed by atoms with E-state index in [1.807, 2.05) is 0 Å². The standard InChI is InChI=1S/C4H9NO2S.C4H7NO2/c5-3(1-2-8)4(6)7;6-4(7)3-1-2-5-3/h3,8H,1-2,5H2,(H,6,7);3,5H,1-2H2,(H,6,7)/t3-;/m0./s1. The van der Waals surface area contributed by atoms with Gasteiger partial charge in [-0.15, -0.1) is 0 Å². The van der Waals surface area contributed by atoms with Gasteiger partial charge in [-0.1, -0.05) is 0 Å². The molecule has 88 valence electrons. The highest BCUT2D eigenvalue weighted by Crippen LogP contribution is 1.99. The molecule has 1 heterocycles. The number of carbonyl (C=O) groups is 2. The van der Waals surface area contributed by atoms with Gasteiger partial charge >= 0.3 is 11.9 Å². The van der Waals surface area contributed by atoms with Crippen molar-refractivity contribution in [3.05, 3.63) is 0 Å². The predicted molar refractivity (Wildman–Crippen MR) is 58.1 cm³/mol. The Kier molecular flexibility index (Phi) is 7.10. The molecule has 1 aliphatic rings. The van der Waals surface area contributed by atoms with Crippen LogP contribution in [0.1, 0.15) is 12.8 Å². The maximum Gasteiger partial charge on any atom is 0.320 e. The fraction of sp³-hybridized carbons (Fsp3) is 0.750. The third-order valence-electron chi connectivity index (χ3n) is 1.88. The Morgan fingerprint density at radius 2 is 2.07 bits per heavy atom. The highest BCUT2D eigenvalue weighted by Gasteiger charge is 2.22. The molecule has 5 N–H and O–H groups in total. The van der Waals surface area contributed by atoms with Crippen molar-refractivity contribution >= 4 is 24.6 Å². The van der Waals surface area contributed by atoms with Crippen LogP contribution in [0.3, 0.4) is 0 Å². The van der Waals surface area contributed by atoms with E-state index in [1.165, 1.54) is 0 Å². The normalized spacial score (nSPS) is 20.5. The zero-order valence-electron chi connectivity index (χ0n) is 8.22. The van der Waals surface area contributed by atoms with Crippen LogP contribution in [0.4, 0.5) is 0 Å². The van der Waals surface area contributed by atoms with Gasteiger partial charge in [0.15, 0.2) is 0 Å². The van der Waals surface area contributed by atoms with Crippen LogP contribution < -0.4 is 11.1 Å². The number of hydrogen-bond donors (Lipinski definition) is 5. The van der Waals surface area contributed by atoms with Crippen LogP contribution in [-0.2, 0) is 9.59 Å². The van der Waals surface area contributed by atoms with Gasteiger partial charge in [0.2, 0.25) is 0 Å². The minimum Gasteiger partial charge on any atom is -0.480 e. The molecular formula is C8H16N2O4S. The largest absolute Gasteiger partial charge is 0.480 e. The Morgan fingerprint density at radius 3 is 2.13 bits per heavy atom. The zero-order valence-corrected chi connectivity index (χ0v) is 9.11. The molecule has 1 saturated heterocycles. The van der Waals surface area contributed by atoms with Crippen LogP contribution in [-0.4, -0.2) is 46.5 Å². The molecule has 0 aromatic heterocycles. The molecule has 0 spiro atoms. The van der Waals surface area contributed by atoms with Gasteiger partial charge in [-0.05, 0) is 25.1 Å². The summed E-state index contributed by atoms with van der Waals surface area (Å²) < 4.78 is 0. The highest BCUT2D eigenvalue weighted by atomic mass is 32.1. The second-order valence-corrected chi connectivity index (χ2v) is 3.54. The molecule has 1 aliphatic heterocycles. The molecule has 0 aromatic carbocycles. The van der Waals surface area contributed by atoms with Gasteiger partial charge in [-0.25, -0.2) is 0 Å². The summed E-state index contributed by atoms with van der Waals surface area (Å²) in [5.74, 6) is -1.17. The Morgan fingerprint density at radius 1 is 1.53 bits per heavy atom. The molecule has 0 radical (unpaired) electrons. The van der Waals surface area contributed by atoms with Gasteiger partial charge in [0.05, 0.1) is 0 Å². The Balaban J connectivity index is 0.000000262. The van der Waals surface area contributed by atoms with Gasteiger partial charge in [0.1, 0.15) is 12.1 Å². The quantitative estimate of drug-likeness (QED) is 0.406. The second kappa shape index (κ2) is 7.49. The first-order valence-corrected chi connectivity index (χ1v) is 5.17. The molecule has 15 heavy (non-hydrogen) atoms. The molecule has 2 atom stereocenters. The fourth-order valence-electron chi connectivity index (χ4n) is 0.762. The first kappa shape index (κ1) is 14.2. The summed E-state index contributed by atoms with van der Waals surface area (Å²) in [5, 5.41) is 19.1. The van der Waals surface area contributed by atoms with E-state index in [9.17, 15) is 9.59 Å². The lowest BCUT2D eigenvalue weighted by Gasteiger charge is -2.22. The SMILES string of the molecule is N[C@@H](CCS)C(=O)O.O=C(O)C1CCN1. The molecule has 0 amide bonds. The minimum atomic E-state index is -0.959. The highest BCUT2D eigenvalue weighted by molar-refractivity contribution is 7.80. The van der Waals surface area contributed by atoms with Crippen molar-refractivity contribution in [1.29, 1.82) is 0 Å². The number of nitrogens with one attached hydrogen (secondary N) is 1. The van der Waals surface area contributed by atoms with E-state index in [0.717, 1.165) is 13.0 Å². The molecule has 7 heteroatoms. The summed E-state index contributed by atoms with van der Waals surface area (Å²) in [4.78, 5) is 19.8. The smallest absolute Gasteiger partial charge is 0.320 e. The number of rotatable bonds is 4. The summed E-state index contributed by atoms with van der Waals surface area (Å²) in [6.07, 6.45) is 1.22. The molecule has 0 aliphatic carbocycles. The predicted octanol–water partition coefficient (Wildman–Crippen LogP) is -0.849. The number of hydrogen-bond acceptors (Lipinski definition) is 5. The lowest BCUT2D eigenvalue weighted by Crippen LogP contribution is -2.48. The molecule has 1 fully saturated rings. The maximum absolute atomic E-state index is 9.93. The van der Waals surface area contributed by atoms with Crippen molar-refractivity contribution < 1.29 is 19.8 Å². The van der Waals surface area contributed by atoms with Crippen LogP contribution in [0.15, 0.2) is 0 Å². The molecule has 0 aromatic rings. The number of aliphatic carboxylic acids is 2. The summed E-state index contributed by atoms with van der Waals surface area (Å²) >= 11 is 3.81. The van der Waals surface area contributed by atoms with Crippen molar-refractivity contribution in [3.63, 3.8) is 0 Å². The van der Waals surface area contributed by atoms with Crippen LogP contribution in [0.2, 0.25) is 0 Å². The van der Waals surface area contributed by atoms with E-state index in [2.05, 4.69) is 17.9 Å². The number of carboxylic acid groups (broad SMARTS) is 2. The summed E-state index contributed by atoms with van der Waals surface area (Å²) in [7, 11) is 0. The fourth-order valence-corrected chi connectivity index (χ4v) is 1.04. The summed E-state index contributed by atoms with van der Waals surface area (Å²) in [5.41, 5.74) is 5.08. The van der Waals surface area contributed by atoms with Crippen LogP contribution >= 0.6 is 12.6 Å². The first-order chi connectivity index (χ1) is 6.99. The minimum absolute atomic E-state index is 0.250. The Labute approximate surface area is 93.3 Å². The van der Waals surface area contributed by atoms with Crippen molar-refractivity contribution in [2.24, 2.45) is 5.73 Å². The lowest BCUT2D eigenvalue weighted by atomic mass is 10.1. The zero-order chi connectivity index (χ0) is 11.8. The van der Waals surface area contributed by atoms with Crippen molar-refractivity contribution in [2.45, 2.75) is 24.9 Å². The first-order valence-electron chi connectivity index (χ1n) is 4.54. The van der Waals surface area contributed by atoms with E-state index >= 15 is 0 Å². The Hall–Kier alpha value is -0.790. The van der Waals surface area contributed by atoms with E-state index in [4.69, 9.17) is 15.9 Å². The number of nitrogens with two attached hydrogens (primary N) is 1. The summed E-state index contributed by atoms with van der Waals surface area (Å²) in [6.45, 7) is 0.858. The van der Waals surface area contributed by atoms with Crippen LogP contribution in [0, 0.1) is 0 Å². The molecule has 1 rings (SSSR count). The molecule has 0 bridgehead atoms. The lowest BCUT2D eigenvalue weighted by molar-refractivity contribution is -0.141. The third kappa shape index (κ3) is 6.32. The summed E-state index contributed by atoms with van der Waals surface area (Å²) in [6, 6.07) is -0.993. The number of thiol groups is 1. The molecule has 0 saturated carbocycles. The van der Waals surface area contributed by atoms with Crippen LogP contribution in [0.5, 0.6) is 0 Å². The topological polar surface area (TPSA) is 113 Å². The Bertz CT molecular complexity index is 221. The average molecular weight is 236 g/mol. The van der Waals surface area contributed by atoms with E-state index in [-0.39, 0.29) is 6.04 Å². The van der Waals surface area contributed by atoms with E-state index in [0.29, 0.717) is 12.2 Å². The van der Waals surface area contributed by atoms with Gasteiger partial charge in [-0.3, -0.25) is 9.59 Å². The molecule has 6 nitrogen and oxygen atoms in total. The molecule has 1 unspecified atom stereocenters. The van der Waals surface area contributed by atoms with Crippen molar-refractivity contribution in [1.82, 2.24) is 5.32 Å². The maximum atomic E-state index is 9.93. The van der Waals surface area contributed by atoms with Gasteiger partial charge < -0.3 is 21.3 Å². The second-order valence-electron chi connectivity index (χ2n) is 3.09. The van der Waals surface area contributed by atoms with E-state index in [1.54, 1.807) is 0 Å². The van der Waals surface area contributed by atoms with Crippen LogP contribution in [0.25, 0.3) is 0 Å². The van der Waals surface area contributed by atoms with Crippen molar-refractivity contribution in [3.8, 4) is 0 Å². The van der Waals surface area contributed by atoms with Gasteiger partial charge in [0, 0.05) is 0 Å². The van der Waals surface area contributed by atoms with Crippen molar-refractivity contribution in [2.75, 3.05) is 12.3 Å². The number of carboxylic acids is 2. The third-order valence-corrected chi connectivity index (χ3v) is 2.14. The van der Waals surface area contributed by atoms with E-state index < -0.39 is 18.0 Å².